The molecule has 192 valence electrons. The lowest BCUT2D eigenvalue weighted by molar-refractivity contribution is 0.103. The molecule has 6 rings (SSSR count). The van der Waals surface area contributed by atoms with Gasteiger partial charge in [-0.3, -0.25) is 14.6 Å². The predicted molar refractivity (Wildman–Crippen MR) is 148 cm³/mol. The number of benzene rings is 2. The molecule has 0 aromatic heterocycles. The van der Waals surface area contributed by atoms with E-state index in [0.29, 0.717) is 11.8 Å². The molecular formula is C33H44N2O. The van der Waals surface area contributed by atoms with Crippen molar-refractivity contribution in [2.75, 3.05) is 26.2 Å². The molecule has 2 heterocycles. The molecule has 0 amide bonds. The van der Waals surface area contributed by atoms with Crippen molar-refractivity contribution in [3.05, 3.63) is 69.8 Å². The third-order valence-electron chi connectivity index (χ3n) is 9.66. The minimum atomic E-state index is 0.274. The number of piperidine rings is 2. The Kier molecular flexibility index (Phi) is 7.58. The van der Waals surface area contributed by atoms with Crippen LogP contribution < -0.4 is 0 Å². The van der Waals surface area contributed by atoms with E-state index in [4.69, 9.17) is 0 Å². The smallest absolute Gasteiger partial charge is 0.193 e. The first-order chi connectivity index (χ1) is 17.8. The van der Waals surface area contributed by atoms with Crippen LogP contribution in [0.5, 0.6) is 0 Å². The average Bonchev–Trinajstić information content (AvgIpc) is 2.85. The second-order valence-corrected chi connectivity index (χ2v) is 12.0. The Bertz CT molecular complexity index is 972. The molecule has 2 aliphatic heterocycles. The molecule has 2 saturated heterocycles. The van der Waals surface area contributed by atoms with Gasteiger partial charge in [-0.05, 0) is 112 Å². The molecule has 2 aliphatic carbocycles. The summed E-state index contributed by atoms with van der Waals surface area (Å²) in [5.74, 6) is 1.56. The van der Waals surface area contributed by atoms with Crippen molar-refractivity contribution in [2.24, 2.45) is 0 Å². The fourth-order valence-corrected chi connectivity index (χ4v) is 7.02. The number of likely N-dealkylation sites (tertiary alicyclic amines) is 2. The van der Waals surface area contributed by atoms with Crippen molar-refractivity contribution in [1.82, 2.24) is 9.80 Å². The van der Waals surface area contributed by atoms with Crippen LogP contribution in [-0.4, -0.2) is 41.8 Å². The topological polar surface area (TPSA) is 23.6 Å². The van der Waals surface area contributed by atoms with E-state index in [1.54, 1.807) is 0 Å². The highest BCUT2D eigenvalue weighted by atomic mass is 16.1. The van der Waals surface area contributed by atoms with Crippen LogP contribution in [-0.2, 0) is 13.1 Å². The van der Waals surface area contributed by atoms with Gasteiger partial charge >= 0.3 is 0 Å². The minimum Gasteiger partial charge on any atom is -0.299 e. The molecule has 0 radical (unpaired) electrons. The van der Waals surface area contributed by atoms with E-state index >= 15 is 0 Å². The summed E-state index contributed by atoms with van der Waals surface area (Å²) in [6.07, 6.45) is 15.6. The molecule has 3 heteroatoms. The van der Waals surface area contributed by atoms with Gasteiger partial charge in [-0.2, -0.15) is 0 Å². The quantitative estimate of drug-likeness (QED) is 0.364. The SMILES string of the molecule is O=C(c1cccc(C2CCC2)c1CN1CCCCC1)c1cccc(C2CCC2)c1CN1CCCCC1. The lowest BCUT2D eigenvalue weighted by Crippen LogP contribution is -2.32. The first-order valence-corrected chi connectivity index (χ1v) is 15.0. The second-order valence-electron chi connectivity index (χ2n) is 12.0. The molecule has 2 saturated carbocycles. The van der Waals surface area contributed by atoms with Gasteiger partial charge in [0.25, 0.3) is 0 Å². The van der Waals surface area contributed by atoms with Gasteiger partial charge in [0.15, 0.2) is 5.78 Å². The summed E-state index contributed by atoms with van der Waals surface area (Å²) < 4.78 is 0. The predicted octanol–water partition coefficient (Wildman–Crippen LogP) is 7.42. The van der Waals surface area contributed by atoms with Gasteiger partial charge < -0.3 is 0 Å². The van der Waals surface area contributed by atoms with E-state index in [1.165, 1.54) is 125 Å². The van der Waals surface area contributed by atoms with Crippen LogP contribution in [0.15, 0.2) is 36.4 Å². The molecule has 0 unspecified atom stereocenters. The maximum Gasteiger partial charge on any atom is 0.193 e. The van der Waals surface area contributed by atoms with Crippen molar-refractivity contribution in [2.45, 2.75) is 102 Å². The van der Waals surface area contributed by atoms with Crippen LogP contribution in [0.3, 0.4) is 0 Å². The van der Waals surface area contributed by atoms with Gasteiger partial charge in [0.05, 0.1) is 0 Å². The third-order valence-corrected chi connectivity index (χ3v) is 9.66. The third kappa shape index (κ3) is 5.07. The summed E-state index contributed by atoms with van der Waals surface area (Å²) in [5.41, 5.74) is 7.57. The van der Waals surface area contributed by atoms with Crippen LogP contribution in [0.25, 0.3) is 0 Å². The van der Waals surface area contributed by atoms with Crippen LogP contribution in [0.2, 0.25) is 0 Å². The van der Waals surface area contributed by atoms with Crippen molar-refractivity contribution >= 4 is 5.78 Å². The number of carbonyl (C=O) groups excluding carboxylic acids is 1. The average molecular weight is 485 g/mol. The maximum absolute atomic E-state index is 14.5. The summed E-state index contributed by atoms with van der Waals surface area (Å²) in [5, 5.41) is 0. The van der Waals surface area contributed by atoms with Crippen LogP contribution >= 0.6 is 0 Å². The lowest BCUT2D eigenvalue weighted by Gasteiger charge is -2.34. The Morgan fingerprint density at radius 1 is 0.583 bits per heavy atom. The zero-order valence-electron chi connectivity index (χ0n) is 22.1. The van der Waals surface area contributed by atoms with Crippen LogP contribution in [0, 0.1) is 0 Å². The Morgan fingerprint density at radius 3 is 1.36 bits per heavy atom. The molecule has 0 bridgehead atoms. The number of ketones is 1. The highest BCUT2D eigenvalue weighted by molar-refractivity contribution is 6.11. The number of rotatable bonds is 8. The first kappa shape index (κ1) is 24.4. The Labute approximate surface area is 218 Å². The summed E-state index contributed by atoms with van der Waals surface area (Å²) >= 11 is 0. The Morgan fingerprint density at radius 2 is 1.00 bits per heavy atom. The molecule has 2 aromatic rings. The highest BCUT2D eigenvalue weighted by Crippen LogP contribution is 2.42. The summed E-state index contributed by atoms with van der Waals surface area (Å²) in [7, 11) is 0. The molecule has 0 N–H and O–H groups in total. The zero-order valence-corrected chi connectivity index (χ0v) is 22.1. The van der Waals surface area contributed by atoms with E-state index in [1.807, 2.05) is 0 Å². The molecule has 0 atom stereocenters. The summed E-state index contributed by atoms with van der Waals surface area (Å²) in [6, 6.07) is 13.3. The number of hydrogen-bond acceptors (Lipinski definition) is 3. The summed E-state index contributed by atoms with van der Waals surface area (Å²) in [4.78, 5) is 19.7. The zero-order chi connectivity index (χ0) is 24.3. The van der Waals surface area contributed by atoms with Crippen LogP contribution in [0.1, 0.15) is 127 Å². The largest absolute Gasteiger partial charge is 0.299 e. The minimum absolute atomic E-state index is 0.274. The van der Waals surface area contributed by atoms with E-state index in [9.17, 15) is 4.79 Å². The van der Waals surface area contributed by atoms with Gasteiger partial charge in [-0.1, -0.05) is 62.1 Å². The molecular weight excluding hydrogens is 440 g/mol. The summed E-state index contributed by atoms with van der Waals surface area (Å²) in [6.45, 7) is 6.57. The first-order valence-electron chi connectivity index (χ1n) is 15.0. The molecule has 3 nitrogen and oxygen atoms in total. The Hall–Kier alpha value is -1.97. The molecule has 4 fully saturated rings. The number of hydrogen-bond donors (Lipinski definition) is 0. The maximum atomic E-state index is 14.5. The van der Waals surface area contributed by atoms with Crippen molar-refractivity contribution in [3.63, 3.8) is 0 Å². The van der Waals surface area contributed by atoms with E-state index in [2.05, 4.69) is 46.2 Å². The monoisotopic (exact) mass is 484 g/mol. The van der Waals surface area contributed by atoms with Crippen molar-refractivity contribution in [1.29, 1.82) is 0 Å². The molecule has 4 aliphatic rings. The lowest BCUT2D eigenvalue weighted by atomic mass is 9.75. The second kappa shape index (κ2) is 11.2. The van der Waals surface area contributed by atoms with Gasteiger partial charge in [-0.15, -0.1) is 0 Å². The standard InChI is InChI=1S/C33H44N2O/c36-33(29-17-9-15-27(25-11-7-12-25)31(29)23-34-19-3-1-4-20-34)30-18-10-16-28(26-13-8-14-26)32(30)24-35-21-5-2-6-22-35/h9-10,15-18,25-26H,1-8,11-14,19-24H2. The fraction of sp³-hybridized carbons (Fsp3) is 0.606. The fourth-order valence-electron chi connectivity index (χ4n) is 7.02. The van der Waals surface area contributed by atoms with E-state index < -0.39 is 0 Å². The van der Waals surface area contributed by atoms with Gasteiger partial charge in [0.2, 0.25) is 0 Å². The van der Waals surface area contributed by atoms with Crippen LogP contribution in [0.4, 0.5) is 0 Å². The number of nitrogens with zero attached hydrogens (tertiary/aromatic N) is 2. The van der Waals surface area contributed by atoms with Gasteiger partial charge in [-0.25, -0.2) is 0 Å². The normalized spacial score (nSPS) is 22.2. The van der Waals surface area contributed by atoms with E-state index in [-0.39, 0.29) is 5.78 Å². The van der Waals surface area contributed by atoms with Crippen molar-refractivity contribution in [3.8, 4) is 0 Å². The molecule has 2 aromatic carbocycles. The van der Waals surface area contributed by atoms with Gasteiger partial charge in [0.1, 0.15) is 0 Å². The molecule has 36 heavy (non-hydrogen) atoms. The van der Waals surface area contributed by atoms with E-state index in [0.717, 1.165) is 24.2 Å². The van der Waals surface area contributed by atoms with Gasteiger partial charge in [0, 0.05) is 24.2 Å². The molecule has 0 spiro atoms. The Balaban J connectivity index is 1.38. The highest BCUT2D eigenvalue weighted by Gasteiger charge is 2.30. The number of carbonyl (C=O) groups is 1. The van der Waals surface area contributed by atoms with Crippen molar-refractivity contribution < 1.29 is 4.79 Å².